The highest BCUT2D eigenvalue weighted by Gasteiger charge is 2.50. The number of pyridine rings is 1. The van der Waals surface area contributed by atoms with Crippen LogP contribution in [0.1, 0.15) is 62.8 Å². The first-order chi connectivity index (χ1) is 17.9. The minimum absolute atomic E-state index is 0.0787. The van der Waals surface area contributed by atoms with Crippen LogP contribution in [0.3, 0.4) is 0 Å². The summed E-state index contributed by atoms with van der Waals surface area (Å²) in [6.07, 6.45) is 8.94. The van der Waals surface area contributed by atoms with Crippen molar-refractivity contribution in [2.75, 3.05) is 17.2 Å². The first-order valence-electron chi connectivity index (χ1n) is 13.5. The van der Waals surface area contributed by atoms with E-state index < -0.39 is 18.2 Å². The molecule has 3 fully saturated rings. The van der Waals surface area contributed by atoms with Crippen LogP contribution in [-0.2, 0) is 0 Å². The molecule has 3 heterocycles. The largest absolute Gasteiger partial charge is 0.396 e. The first-order valence-corrected chi connectivity index (χ1v) is 14.3. The van der Waals surface area contributed by atoms with E-state index in [0.717, 1.165) is 45.0 Å². The minimum atomic E-state index is -1.00. The summed E-state index contributed by atoms with van der Waals surface area (Å²) < 4.78 is 1.04. The standard InChI is InChI=1S/C27H36N6O3S/c1-14-20(25-31-21-15(2)28-11-8-19(21)37-25)24(30-18-12-16(13-34)22(35)23(18)36)32-26(29-14)33-27(9-10-27)17-6-4-3-5-7-17/h8,11,16-18,22-23,34-36H,3-7,9-10,12-13H2,1-2H3,(H2,29,30,32,33)/t16-,18?,22-,23+/m1/s1. The Morgan fingerprint density at radius 3 is 2.49 bits per heavy atom. The van der Waals surface area contributed by atoms with Crippen molar-refractivity contribution in [2.45, 2.75) is 89.0 Å². The molecule has 3 aromatic heterocycles. The molecular formula is C27H36N6O3S. The lowest BCUT2D eigenvalue weighted by molar-refractivity contribution is 0.00446. The monoisotopic (exact) mass is 524 g/mol. The van der Waals surface area contributed by atoms with Gasteiger partial charge in [-0.2, -0.15) is 4.98 Å². The number of aryl methyl sites for hydroxylation is 2. The van der Waals surface area contributed by atoms with Crippen molar-refractivity contribution in [1.29, 1.82) is 0 Å². The third kappa shape index (κ3) is 4.58. The van der Waals surface area contributed by atoms with Gasteiger partial charge in [0.15, 0.2) is 0 Å². The Balaban J connectivity index is 1.38. The Bertz CT molecular complexity index is 1290. The highest BCUT2D eigenvalue weighted by atomic mass is 32.1. The molecule has 5 N–H and O–H groups in total. The Morgan fingerprint density at radius 2 is 1.81 bits per heavy atom. The zero-order valence-electron chi connectivity index (χ0n) is 21.4. The molecule has 0 aliphatic heterocycles. The van der Waals surface area contributed by atoms with Crippen LogP contribution in [0, 0.1) is 25.7 Å². The van der Waals surface area contributed by atoms with E-state index in [9.17, 15) is 15.3 Å². The van der Waals surface area contributed by atoms with Crippen molar-refractivity contribution >= 4 is 33.3 Å². The number of anilines is 2. The van der Waals surface area contributed by atoms with E-state index in [2.05, 4.69) is 15.6 Å². The predicted molar refractivity (Wildman–Crippen MR) is 145 cm³/mol. The number of aliphatic hydroxyl groups excluding tert-OH is 3. The molecule has 4 atom stereocenters. The van der Waals surface area contributed by atoms with Gasteiger partial charge >= 0.3 is 0 Å². The van der Waals surface area contributed by atoms with Gasteiger partial charge in [0, 0.05) is 24.3 Å². The Hall–Kier alpha value is -2.40. The van der Waals surface area contributed by atoms with Crippen LogP contribution >= 0.6 is 11.3 Å². The fourth-order valence-corrected chi connectivity index (χ4v) is 7.46. The second-order valence-corrected chi connectivity index (χ2v) is 12.2. The third-order valence-electron chi connectivity index (χ3n) is 8.69. The topological polar surface area (TPSA) is 136 Å². The SMILES string of the molecule is Cc1nc(NC2(C3CCCCC3)CC2)nc(NC2C[C@H](CO)[C@@H](O)[C@H]2O)c1-c1nc2c(C)nccc2s1. The number of nitrogens with one attached hydrogen (secondary N) is 2. The Labute approximate surface area is 220 Å². The molecule has 0 spiro atoms. The molecular weight excluding hydrogens is 488 g/mol. The normalized spacial score (nSPS) is 27.5. The number of thiazole rings is 1. The van der Waals surface area contributed by atoms with Crippen LogP contribution in [0.15, 0.2) is 12.3 Å². The summed E-state index contributed by atoms with van der Waals surface area (Å²) in [7, 11) is 0. The summed E-state index contributed by atoms with van der Waals surface area (Å²) in [4.78, 5) is 19.1. The Morgan fingerprint density at radius 1 is 1.03 bits per heavy atom. The number of hydrogen-bond donors (Lipinski definition) is 5. The van der Waals surface area contributed by atoms with E-state index in [1.807, 2.05) is 19.9 Å². The third-order valence-corrected chi connectivity index (χ3v) is 9.73. The molecule has 0 bridgehead atoms. The summed E-state index contributed by atoms with van der Waals surface area (Å²) in [6.45, 7) is 3.75. The van der Waals surface area contributed by atoms with Gasteiger partial charge in [-0.3, -0.25) is 4.98 Å². The van der Waals surface area contributed by atoms with Crippen molar-refractivity contribution < 1.29 is 15.3 Å². The summed E-state index contributed by atoms with van der Waals surface area (Å²) >= 11 is 1.57. The molecule has 0 aromatic carbocycles. The fourth-order valence-electron chi connectivity index (χ4n) is 6.35. The van der Waals surface area contributed by atoms with Gasteiger partial charge in [-0.05, 0) is 57.9 Å². The summed E-state index contributed by atoms with van der Waals surface area (Å²) in [5, 5.41) is 38.8. The number of hydrogen-bond acceptors (Lipinski definition) is 10. The average Bonchev–Trinajstić information content (AvgIpc) is 3.46. The summed E-state index contributed by atoms with van der Waals surface area (Å²) in [5.74, 6) is 1.46. The van der Waals surface area contributed by atoms with Crippen LogP contribution in [0.5, 0.6) is 0 Å². The molecule has 3 aliphatic carbocycles. The van der Waals surface area contributed by atoms with Gasteiger partial charge in [-0.15, -0.1) is 11.3 Å². The molecule has 1 unspecified atom stereocenters. The summed E-state index contributed by atoms with van der Waals surface area (Å²) in [6, 6.07) is 1.52. The maximum Gasteiger partial charge on any atom is 0.225 e. The fraction of sp³-hybridized carbons (Fsp3) is 0.630. The van der Waals surface area contributed by atoms with Gasteiger partial charge in [0.25, 0.3) is 0 Å². The van der Waals surface area contributed by atoms with Gasteiger partial charge in [0.05, 0.1) is 33.8 Å². The lowest BCUT2D eigenvalue weighted by Gasteiger charge is -2.31. The van der Waals surface area contributed by atoms with Gasteiger partial charge in [-0.25, -0.2) is 9.97 Å². The highest BCUT2D eigenvalue weighted by Crippen LogP contribution is 2.50. The van der Waals surface area contributed by atoms with Gasteiger partial charge < -0.3 is 26.0 Å². The van der Waals surface area contributed by atoms with E-state index in [1.54, 1.807) is 17.5 Å². The molecule has 3 saturated carbocycles. The van der Waals surface area contributed by atoms with E-state index in [0.29, 0.717) is 24.1 Å². The lowest BCUT2D eigenvalue weighted by Crippen LogP contribution is -2.36. The minimum Gasteiger partial charge on any atom is -0.396 e. The summed E-state index contributed by atoms with van der Waals surface area (Å²) in [5.41, 5.74) is 3.41. The van der Waals surface area contributed by atoms with Crippen molar-refractivity contribution in [3.63, 3.8) is 0 Å². The van der Waals surface area contributed by atoms with Crippen LogP contribution in [0.25, 0.3) is 20.8 Å². The van der Waals surface area contributed by atoms with Crippen molar-refractivity contribution in [3.05, 3.63) is 23.7 Å². The molecule has 3 aromatic rings. The van der Waals surface area contributed by atoms with Crippen LogP contribution in [-0.4, -0.2) is 65.7 Å². The number of aliphatic hydroxyl groups is 3. The molecule has 198 valence electrons. The molecule has 37 heavy (non-hydrogen) atoms. The smallest absolute Gasteiger partial charge is 0.225 e. The van der Waals surface area contributed by atoms with Gasteiger partial charge in [-0.1, -0.05) is 19.3 Å². The van der Waals surface area contributed by atoms with E-state index >= 15 is 0 Å². The van der Waals surface area contributed by atoms with Crippen LogP contribution in [0.4, 0.5) is 11.8 Å². The molecule has 10 heteroatoms. The maximum atomic E-state index is 10.7. The average molecular weight is 525 g/mol. The van der Waals surface area contributed by atoms with E-state index in [1.165, 1.54) is 32.1 Å². The number of fused-ring (bicyclic) bond motifs is 1. The molecule has 9 nitrogen and oxygen atoms in total. The van der Waals surface area contributed by atoms with Crippen molar-refractivity contribution in [2.24, 2.45) is 11.8 Å². The Kier molecular flexibility index (Phi) is 6.55. The number of aromatic nitrogens is 4. The van der Waals surface area contributed by atoms with Gasteiger partial charge in [0.2, 0.25) is 5.95 Å². The molecule has 0 saturated heterocycles. The number of rotatable bonds is 7. The number of nitrogens with zero attached hydrogens (tertiary/aromatic N) is 4. The zero-order valence-corrected chi connectivity index (χ0v) is 22.3. The van der Waals surface area contributed by atoms with Crippen LogP contribution in [0.2, 0.25) is 0 Å². The zero-order chi connectivity index (χ0) is 25.7. The second-order valence-electron chi connectivity index (χ2n) is 11.1. The highest BCUT2D eigenvalue weighted by molar-refractivity contribution is 7.21. The molecule has 0 radical (unpaired) electrons. The first kappa shape index (κ1) is 24.9. The van der Waals surface area contributed by atoms with Crippen molar-refractivity contribution in [1.82, 2.24) is 19.9 Å². The molecule has 6 rings (SSSR count). The lowest BCUT2D eigenvalue weighted by atomic mass is 9.82. The quantitative estimate of drug-likeness (QED) is 0.312. The molecule has 0 amide bonds. The molecule has 3 aliphatic rings. The maximum absolute atomic E-state index is 10.7. The van der Waals surface area contributed by atoms with Gasteiger partial charge in [0.1, 0.15) is 22.4 Å². The predicted octanol–water partition coefficient (Wildman–Crippen LogP) is 3.80. The second kappa shape index (κ2) is 9.72. The van der Waals surface area contributed by atoms with Crippen LogP contribution < -0.4 is 10.6 Å². The van der Waals surface area contributed by atoms with E-state index in [4.69, 9.17) is 15.0 Å². The van der Waals surface area contributed by atoms with Crippen molar-refractivity contribution in [3.8, 4) is 10.6 Å². The van der Waals surface area contributed by atoms with E-state index in [-0.39, 0.29) is 18.1 Å².